The molecule has 0 radical (unpaired) electrons. The van der Waals surface area contributed by atoms with Crippen molar-refractivity contribution in [1.82, 2.24) is 0 Å². The van der Waals surface area contributed by atoms with Gasteiger partial charge >= 0.3 is 0 Å². The molecule has 0 bridgehead atoms. The summed E-state index contributed by atoms with van der Waals surface area (Å²) in [6.45, 7) is 2.22. The molecule has 0 amide bonds. The highest BCUT2D eigenvalue weighted by atomic mass is 17.1. The van der Waals surface area contributed by atoms with E-state index in [9.17, 15) is 9.90 Å². The van der Waals surface area contributed by atoms with Crippen LogP contribution in [0.15, 0.2) is 24.3 Å². The Morgan fingerprint density at radius 3 is 2.14 bits per heavy atom. The summed E-state index contributed by atoms with van der Waals surface area (Å²) in [5.74, 6) is -1.35. The van der Waals surface area contributed by atoms with Gasteiger partial charge in [-0.1, -0.05) is 63.3 Å². The summed E-state index contributed by atoms with van der Waals surface area (Å²) < 4.78 is 0. The van der Waals surface area contributed by atoms with Crippen molar-refractivity contribution in [1.29, 1.82) is 0 Å². The lowest BCUT2D eigenvalue weighted by atomic mass is 10.1. The van der Waals surface area contributed by atoms with Gasteiger partial charge in [0.25, 0.3) is 0 Å². The molecule has 0 fully saturated rings. The van der Waals surface area contributed by atoms with E-state index in [2.05, 4.69) is 36.1 Å². The van der Waals surface area contributed by atoms with Gasteiger partial charge < -0.3 is 9.90 Å². The van der Waals surface area contributed by atoms with Crippen molar-refractivity contribution in [2.24, 2.45) is 0 Å². The van der Waals surface area contributed by atoms with Gasteiger partial charge in [-0.25, -0.2) is 4.89 Å². The Morgan fingerprint density at radius 2 is 1.59 bits per heavy atom. The number of carboxylic acids is 1. The van der Waals surface area contributed by atoms with Crippen LogP contribution in [-0.2, 0) is 9.68 Å². The van der Waals surface area contributed by atoms with E-state index in [1.54, 1.807) is 0 Å². The molecule has 4 nitrogen and oxygen atoms in total. The number of carboxylic acid groups (broad SMARTS) is 1. The molecule has 0 unspecified atom stereocenters. The number of unbranched alkanes of at least 4 members (excludes halogenated alkanes) is 7. The van der Waals surface area contributed by atoms with Crippen molar-refractivity contribution in [2.75, 3.05) is 0 Å². The molecule has 22 heavy (non-hydrogen) atoms. The molecule has 0 heterocycles. The van der Waals surface area contributed by atoms with E-state index in [0.717, 1.165) is 38.5 Å². The zero-order chi connectivity index (χ0) is 16.5. The molecule has 0 aliphatic carbocycles. The number of rotatable bonds is 15. The van der Waals surface area contributed by atoms with E-state index in [0.29, 0.717) is 6.42 Å². The Bertz CT molecular complexity index is 310. The topological polar surface area (TPSA) is 69.6 Å². The Labute approximate surface area is 134 Å². The second-order valence-corrected chi connectivity index (χ2v) is 5.58. The summed E-state index contributed by atoms with van der Waals surface area (Å²) in [4.78, 5) is 14.3. The monoisotopic (exact) mass is 311 g/mol. The average molecular weight is 311 g/mol. The van der Waals surface area contributed by atoms with Gasteiger partial charge in [0.05, 0.1) is 5.97 Å². The molecule has 0 aliphatic heterocycles. The first-order valence-corrected chi connectivity index (χ1v) is 8.53. The smallest absolute Gasteiger partial charge is 0.132 e. The van der Waals surface area contributed by atoms with E-state index in [1.165, 1.54) is 25.7 Å². The molecule has 1 N–H and O–H groups in total. The van der Waals surface area contributed by atoms with Gasteiger partial charge in [0, 0.05) is 0 Å². The lowest BCUT2D eigenvalue weighted by Crippen LogP contribution is -2.36. The van der Waals surface area contributed by atoms with Crippen molar-refractivity contribution >= 4 is 5.97 Å². The van der Waals surface area contributed by atoms with Crippen molar-refractivity contribution in [3.8, 4) is 0 Å². The molecule has 0 aromatic rings. The fourth-order valence-corrected chi connectivity index (χ4v) is 2.18. The van der Waals surface area contributed by atoms with Crippen molar-refractivity contribution in [3.05, 3.63) is 24.3 Å². The third-order valence-corrected chi connectivity index (χ3v) is 3.56. The number of hydrogen-bond acceptors (Lipinski definition) is 4. The minimum Gasteiger partial charge on any atom is -0.547 e. The molecule has 0 aromatic carbocycles. The van der Waals surface area contributed by atoms with Crippen molar-refractivity contribution in [2.45, 2.75) is 83.7 Å². The predicted octanol–water partition coefficient (Wildman–Crippen LogP) is 4.02. The maximum Gasteiger partial charge on any atom is 0.132 e. The van der Waals surface area contributed by atoms with Crippen LogP contribution < -0.4 is 5.11 Å². The van der Waals surface area contributed by atoms with Crippen LogP contribution >= 0.6 is 0 Å². The first-order chi connectivity index (χ1) is 10.7. The quantitative estimate of drug-likeness (QED) is 0.215. The van der Waals surface area contributed by atoms with Crippen LogP contribution in [0, 0.1) is 0 Å². The Hall–Kier alpha value is -1.13. The summed E-state index contributed by atoms with van der Waals surface area (Å²) in [5, 5.41) is 18.8. The summed E-state index contributed by atoms with van der Waals surface area (Å²) in [6, 6.07) is 0. The average Bonchev–Trinajstić information content (AvgIpc) is 2.51. The highest BCUT2D eigenvalue weighted by Gasteiger charge is 2.08. The molecular formula is C18H31O4-. The minimum absolute atomic E-state index is 0.303. The fourth-order valence-electron chi connectivity index (χ4n) is 2.18. The maximum atomic E-state index is 10.5. The van der Waals surface area contributed by atoms with Crippen LogP contribution in [0.1, 0.15) is 77.6 Å². The Kier molecular flexibility index (Phi) is 15.4. The predicted molar refractivity (Wildman–Crippen MR) is 87.2 cm³/mol. The van der Waals surface area contributed by atoms with Gasteiger partial charge in [0.2, 0.25) is 0 Å². The standard InChI is InChI=1S/C18H32O4/c1-2-3-4-5-6-7-8-9-10-11-12-13-14-15-16-17(22-21)18(19)20/h6-7,9-10,17,21H,2-5,8,11-16H2,1H3,(H,19,20)/p-1/b7-6-,10-9-/t17-/m1/s1. The lowest BCUT2D eigenvalue weighted by Gasteiger charge is -2.13. The summed E-state index contributed by atoms with van der Waals surface area (Å²) >= 11 is 0. The van der Waals surface area contributed by atoms with Gasteiger partial charge in [-0.05, 0) is 38.5 Å². The van der Waals surface area contributed by atoms with Crippen LogP contribution in [-0.4, -0.2) is 17.3 Å². The summed E-state index contributed by atoms with van der Waals surface area (Å²) in [7, 11) is 0. The largest absolute Gasteiger partial charge is 0.547 e. The second-order valence-electron chi connectivity index (χ2n) is 5.58. The van der Waals surface area contributed by atoms with Gasteiger partial charge in [-0.2, -0.15) is 0 Å². The molecular weight excluding hydrogens is 280 g/mol. The van der Waals surface area contributed by atoms with E-state index in [4.69, 9.17) is 5.26 Å². The van der Waals surface area contributed by atoms with Gasteiger partial charge in [0.1, 0.15) is 6.10 Å². The number of allylic oxidation sites excluding steroid dienone is 4. The molecule has 0 saturated heterocycles. The number of carbonyl (C=O) groups is 1. The van der Waals surface area contributed by atoms with E-state index in [-0.39, 0.29) is 0 Å². The third-order valence-electron chi connectivity index (χ3n) is 3.56. The minimum atomic E-state index is -1.35. The fraction of sp³-hybridized carbons (Fsp3) is 0.722. The van der Waals surface area contributed by atoms with Crippen LogP contribution in [0.5, 0.6) is 0 Å². The molecule has 0 aromatic heterocycles. The Balaban J connectivity index is 3.35. The maximum absolute atomic E-state index is 10.5. The number of carbonyl (C=O) groups excluding carboxylic acids is 1. The van der Waals surface area contributed by atoms with Crippen LogP contribution in [0.3, 0.4) is 0 Å². The zero-order valence-electron chi connectivity index (χ0n) is 13.8. The molecule has 128 valence electrons. The molecule has 0 spiro atoms. The SMILES string of the molecule is CCCCC/C=C\C/C=C\CCCCCC[C@@H](OO)C(=O)[O-]. The Morgan fingerprint density at radius 1 is 1.00 bits per heavy atom. The highest BCUT2D eigenvalue weighted by Crippen LogP contribution is 2.09. The third kappa shape index (κ3) is 13.8. The van der Waals surface area contributed by atoms with Crippen molar-refractivity contribution < 1.29 is 20.0 Å². The second kappa shape index (κ2) is 16.2. The van der Waals surface area contributed by atoms with E-state index >= 15 is 0 Å². The van der Waals surface area contributed by atoms with Crippen LogP contribution in [0.25, 0.3) is 0 Å². The van der Waals surface area contributed by atoms with Gasteiger partial charge in [0.15, 0.2) is 0 Å². The lowest BCUT2D eigenvalue weighted by molar-refractivity contribution is -0.348. The summed E-state index contributed by atoms with van der Waals surface area (Å²) in [6.07, 6.45) is 19.0. The molecule has 4 heteroatoms. The first kappa shape index (κ1) is 20.9. The summed E-state index contributed by atoms with van der Waals surface area (Å²) in [5.41, 5.74) is 0. The first-order valence-electron chi connectivity index (χ1n) is 8.53. The van der Waals surface area contributed by atoms with Gasteiger partial charge in [-0.3, -0.25) is 5.26 Å². The van der Waals surface area contributed by atoms with E-state index < -0.39 is 12.1 Å². The number of hydrogen-bond donors (Lipinski definition) is 1. The molecule has 1 atom stereocenters. The zero-order valence-corrected chi connectivity index (χ0v) is 13.8. The molecule has 0 rings (SSSR count). The van der Waals surface area contributed by atoms with Crippen LogP contribution in [0.2, 0.25) is 0 Å². The number of aliphatic carboxylic acids is 1. The van der Waals surface area contributed by atoms with Gasteiger partial charge in [-0.15, -0.1) is 0 Å². The normalized spacial score (nSPS) is 13.2. The molecule has 0 saturated carbocycles. The van der Waals surface area contributed by atoms with E-state index in [1.807, 2.05) is 0 Å². The highest BCUT2D eigenvalue weighted by molar-refractivity contribution is 5.69. The van der Waals surface area contributed by atoms with Crippen LogP contribution in [0.4, 0.5) is 0 Å². The molecule has 0 aliphatic rings. The van der Waals surface area contributed by atoms with Crippen molar-refractivity contribution in [3.63, 3.8) is 0 Å².